The molecule has 0 fully saturated rings. The molecule has 2 atom stereocenters. The van der Waals surface area contributed by atoms with Crippen molar-refractivity contribution in [1.29, 1.82) is 0 Å². The Morgan fingerprint density at radius 1 is 0.727 bits per heavy atom. The maximum atomic E-state index is 9.75. The van der Waals surface area contributed by atoms with Gasteiger partial charge in [0, 0.05) is 0 Å². The van der Waals surface area contributed by atoms with Gasteiger partial charge in [0.2, 0.25) is 0 Å². The van der Waals surface area contributed by atoms with Gasteiger partial charge in [-0.3, -0.25) is 0 Å². The van der Waals surface area contributed by atoms with Crippen molar-refractivity contribution in [3.8, 4) is 11.5 Å². The molecule has 0 bridgehead atoms. The van der Waals surface area contributed by atoms with E-state index in [0.29, 0.717) is 23.3 Å². The first-order valence-corrected chi connectivity index (χ1v) is 8.06. The Balaban J connectivity index is 2.41. The van der Waals surface area contributed by atoms with Gasteiger partial charge in [0.15, 0.2) is 0 Å². The molecule has 2 aromatic rings. The quantitative estimate of drug-likeness (QED) is 0.775. The van der Waals surface area contributed by atoms with Crippen LogP contribution < -0.4 is 0 Å². The molecule has 0 saturated heterocycles. The van der Waals surface area contributed by atoms with Crippen LogP contribution in [0.5, 0.6) is 11.5 Å². The van der Waals surface area contributed by atoms with Crippen LogP contribution in [-0.4, -0.2) is 10.2 Å². The van der Waals surface area contributed by atoms with Gasteiger partial charge in [-0.1, -0.05) is 38.1 Å². The second-order valence-electron chi connectivity index (χ2n) is 6.12. The van der Waals surface area contributed by atoms with Gasteiger partial charge in [0.25, 0.3) is 0 Å². The third kappa shape index (κ3) is 3.27. The molecule has 2 heteroatoms. The highest BCUT2D eigenvalue weighted by Gasteiger charge is 2.23. The van der Waals surface area contributed by atoms with Gasteiger partial charge in [0.05, 0.1) is 0 Å². The predicted molar refractivity (Wildman–Crippen MR) is 91.8 cm³/mol. The van der Waals surface area contributed by atoms with E-state index in [-0.39, 0.29) is 0 Å². The van der Waals surface area contributed by atoms with E-state index in [1.54, 1.807) is 12.1 Å². The number of aromatic hydroxyl groups is 2. The number of hydrogen-bond acceptors (Lipinski definition) is 2. The summed E-state index contributed by atoms with van der Waals surface area (Å²) in [5, 5.41) is 19.5. The summed E-state index contributed by atoms with van der Waals surface area (Å²) in [4.78, 5) is 0. The minimum absolute atomic E-state index is 0.354. The Bertz CT molecular complexity index is 589. The summed E-state index contributed by atoms with van der Waals surface area (Å²) in [5.41, 5.74) is 4.39. The molecule has 0 amide bonds. The summed E-state index contributed by atoms with van der Waals surface area (Å²) in [6.07, 6.45) is 2.09. The van der Waals surface area contributed by atoms with Crippen molar-refractivity contribution in [2.45, 2.75) is 52.4 Å². The van der Waals surface area contributed by atoms with E-state index in [9.17, 15) is 10.2 Å². The number of benzene rings is 2. The third-order valence-electron chi connectivity index (χ3n) is 4.66. The molecule has 0 aliphatic heterocycles. The molecule has 0 aliphatic rings. The Morgan fingerprint density at radius 2 is 1.09 bits per heavy atom. The summed E-state index contributed by atoms with van der Waals surface area (Å²) in [6, 6.07) is 11.8. The molecule has 0 saturated carbocycles. The van der Waals surface area contributed by atoms with Crippen LogP contribution >= 0.6 is 0 Å². The topological polar surface area (TPSA) is 40.5 Å². The van der Waals surface area contributed by atoms with Crippen LogP contribution in [0.4, 0.5) is 0 Å². The zero-order valence-corrected chi connectivity index (χ0v) is 13.9. The zero-order valence-electron chi connectivity index (χ0n) is 13.9. The number of hydrogen-bond donors (Lipinski definition) is 2. The van der Waals surface area contributed by atoms with Gasteiger partial charge in [-0.25, -0.2) is 0 Å². The molecule has 0 heterocycles. The number of aryl methyl sites for hydroxylation is 2. The van der Waals surface area contributed by atoms with Crippen molar-refractivity contribution in [3.05, 3.63) is 58.7 Å². The molecule has 22 heavy (non-hydrogen) atoms. The van der Waals surface area contributed by atoms with Crippen LogP contribution in [0.1, 0.15) is 60.8 Å². The fourth-order valence-corrected chi connectivity index (χ4v) is 3.32. The summed E-state index contributed by atoms with van der Waals surface area (Å²) >= 11 is 0. The van der Waals surface area contributed by atoms with Crippen LogP contribution in [-0.2, 0) is 0 Å². The predicted octanol–water partition coefficient (Wildman–Crippen LogP) is 5.40. The lowest BCUT2D eigenvalue weighted by Crippen LogP contribution is -2.10. The Labute approximate surface area is 133 Å². The average Bonchev–Trinajstić information content (AvgIpc) is 2.50. The van der Waals surface area contributed by atoms with Crippen molar-refractivity contribution in [2.75, 3.05) is 0 Å². The van der Waals surface area contributed by atoms with Crippen molar-refractivity contribution in [1.82, 2.24) is 0 Å². The van der Waals surface area contributed by atoms with Crippen LogP contribution in [0.2, 0.25) is 0 Å². The number of phenolic OH excluding ortho intramolecular Hbond substituents is 2. The van der Waals surface area contributed by atoms with Gasteiger partial charge >= 0.3 is 0 Å². The van der Waals surface area contributed by atoms with Crippen molar-refractivity contribution < 1.29 is 10.2 Å². The first kappa shape index (κ1) is 16.4. The monoisotopic (exact) mass is 298 g/mol. The summed E-state index contributed by atoms with van der Waals surface area (Å²) in [7, 11) is 0. The largest absolute Gasteiger partial charge is 0.508 e. The molecule has 0 aromatic heterocycles. The minimum Gasteiger partial charge on any atom is -0.508 e. The van der Waals surface area contributed by atoms with Crippen molar-refractivity contribution in [3.63, 3.8) is 0 Å². The van der Waals surface area contributed by atoms with Crippen LogP contribution in [0.3, 0.4) is 0 Å². The highest BCUT2D eigenvalue weighted by Crippen LogP contribution is 2.39. The molecule has 0 radical (unpaired) electrons. The normalized spacial score (nSPS) is 13.8. The summed E-state index contributed by atoms with van der Waals surface area (Å²) in [5.74, 6) is 1.53. The molecule has 2 N–H and O–H groups in total. The maximum Gasteiger partial charge on any atom is 0.118 e. The van der Waals surface area contributed by atoms with Gasteiger partial charge in [-0.15, -0.1) is 0 Å². The van der Waals surface area contributed by atoms with Crippen LogP contribution in [0.25, 0.3) is 0 Å². The van der Waals surface area contributed by atoms with Gasteiger partial charge in [0.1, 0.15) is 11.5 Å². The Morgan fingerprint density at radius 3 is 1.36 bits per heavy atom. The van der Waals surface area contributed by atoms with E-state index in [2.05, 4.69) is 26.0 Å². The molecule has 2 aromatic carbocycles. The highest BCUT2D eigenvalue weighted by atomic mass is 16.3. The van der Waals surface area contributed by atoms with E-state index in [1.807, 2.05) is 26.0 Å². The third-order valence-corrected chi connectivity index (χ3v) is 4.66. The molecule has 0 unspecified atom stereocenters. The van der Waals surface area contributed by atoms with Crippen LogP contribution in [0, 0.1) is 13.8 Å². The van der Waals surface area contributed by atoms with E-state index >= 15 is 0 Å². The first-order valence-electron chi connectivity index (χ1n) is 8.06. The molecule has 2 rings (SSSR count). The molecule has 2 nitrogen and oxygen atoms in total. The Kier molecular flexibility index (Phi) is 5.12. The Hall–Kier alpha value is -1.96. The molecule has 0 aliphatic carbocycles. The van der Waals surface area contributed by atoms with E-state index in [4.69, 9.17) is 0 Å². The fraction of sp³-hybridized carbons (Fsp3) is 0.400. The average molecular weight is 298 g/mol. The second-order valence-corrected chi connectivity index (χ2v) is 6.12. The van der Waals surface area contributed by atoms with Gasteiger partial charge in [-0.05, 0) is 72.9 Å². The lowest BCUT2D eigenvalue weighted by molar-refractivity contribution is 0.465. The van der Waals surface area contributed by atoms with E-state index in [1.165, 1.54) is 11.1 Å². The lowest BCUT2D eigenvalue weighted by Gasteiger charge is -2.27. The van der Waals surface area contributed by atoms with Gasteiger partial charge in [-0.2, -0.15) is 0 Å². The fourth-order valence-electron chi connectivity index (χ4n) is 3.32. The summed E-state index contributed by atoms with van der Waals surface area (Å²) in [6.45, 7) is 8.31. The molecule has 118 valence electrons. The van der Waals surface area contributed by atoms with Crippen molar-refractivity contribution in [2.24, 2.45) is 0 Å². The SMILES string of the molecule is CC[C@@H](c1ccc(O)c(C)c1)[C@@H](CC)c1ccc(O)c(C)c1. The van der Waals surface area contributed by atoms with Crippen LogP contribution in [0.15, 0.2) is 36.4 Å². The zero-order chi connectivity index (χ0) is 16.3. The van der Waals surface area contributed by atoms with E-state index < -0.39 is 0 Å². The number of rotatable bonds is 5. The second kappa shape index (κ2) is 6.87. The smallest absolute Gasteiger partial charge is 0.118 e. The van der Waals surface area contributed by atoms with E-state index in [0.717, 1.165) is 24.0 Å². The first-order chi connectivity index (χ1) is 10.5. The highest BCUT2D eigenvalue weighted by molar-refractivity contribution is 5.40. The maximum absolute atomic E-state index is 9.75. The lowest BCUT2D eigenvalue weighted by atomic mass is 9.77. The number of phenols is 2. The minimum atomic E-state index is 0.354. The molecule has 0 spiro atoms. The summed E-state index contributed by atoms with van der Waals surface area (Å²) < 4.78 is 0. The molecular weight excluding hydrogens is 272 g/mol. The van der Waals surface area contributed by atoms with Gasteiger partial charge < -0.3 is 10.2 Å². The molecular formula is C20H26O2. The van der Waals surface area contributed by atoms with Crippen molar-refractivity contribution >= 4 is 0 Å². The standard InChI is InChI=1S/C20H26O2/c1-5-17(15-7-9-19(21)13(3)11-15)18(6-2)16-8-10-20(22)14(4)12-16/h7-12,17-18,21-22H,5-6H2,1-4H3/t17-,18-/m0/s1.